The Balaban J connectivity index is 1.94. The number of hydrogen-bond acceptors (Lipinski definition) is 4. The van der Waals surface area contributed by atoms with Crippen LogP contribution in [0.4, 0.5) is 0 Å². The first-order valence-electron chi connectivity index (χ1n) is 6.15. The lowest BCUT2D eigenvalue weighted by Crippen LogP contribution is -2.03. The van der Waals surface area contributed by atoms with E-state index < -0.39 is 6.10 Å². The van der Waals surface area contributed by atoms with Gasteiger partial charge in [0, 0.05) is 5.56 Å². The minimum atomic E-state index is -0.778. The molecule has 1 aliphatic rings. The summed E-state index contributed by atoms with van der Waals surface area (Å²) in [6, 6.07) is 12.8. The minimum absolute atomic E-state index is 0.220. The van der Waals surface area contributed by atoms with Gasteiger partial charge >= 0.3 is 0 Å². The molecule has 4 nitrogen and oxygen atoms in total. The van der Waals surface area contributed by atoms with Gasteiger partial charge in [0.15, 0.2) is 11.5 Å². The molecule has 5 heteroatoms. The average Bonchev–Trinajstić information content (AvgIpc) is 2.95. The van der Waals surface area contributed by atoms with Crippen molar-refractivity contribution in [3.63, 3.8) is 0 Å². The molecule has 0 spiro atoms. The number of alkyl halides is 1. The fourth-order valence-electron chi connectivity index (χ4n) is 2.16. The Morgan fingerprint density at radius 3 is 2.80 bits per heavy atom. The molecular weight excluding hydrogens is 324 g/mol. The first kappa shape index (κ1) is 13.3. The molecule has 0 fully saturated rings. The van der Waals surface area contributed by atoms with Gasteiger partial charge in [-0.1, -0.05) is 24.3 Å². The summed E-state index contributed by atoms with van der Waals surface area (Å²) in [6.07, 6.45) is -0.778. The quantitative estimate of drug-likeness (QED) is 0.871. The van der Waals surface area contributed by atoms with E-state index >= 15 is 0 Å². The smallest absolute Gasteiger partial charge is 0.231 e. The average molecular weight is 337 g/mol. The predicted octanol–water partition coefficient (Wildman–Crippen LogP) is 3.23. The van der Waals surface area contributed by atoms with Gasteiger partial charge in [0.2, 0.25) is 6.79 Å². The summed E-state index contributed by atoms with van der Waals surface area (Å²) in [7, 11) is 0. The Labute approximate surface area is 125 Å². The zero-order valence-corrected chi connectivity index (χ0v) is 12.2. The SMILES string of the molecule is OC(c1ccc2c(c1)OCO2)c1ccccc1OCBr. The van der Waals surface area contributed by atoms with Gasteiger partial charge in [-0.05, 0) is 39.7 Å². The molecular formula is C15H13BrO4. The number of aliphatic hydroxyl groups excluding tert-OH is 1. The molecule has 0 bridgehead atoms. The highest BCUT2D eigenvalue weighted by molar-refractivity contribution is 9.09. The molecule has 0 aliphatic carbocycles. The molecule has 3 rings (SSSR count). The zero-order chi connectivity index (χ0) is 13.9. The van der Waals surface area contributed by atoms with E-state index in [0.29, 0.717) is 28.3 Å². The van der Waals surface area contributed by atoms with Crippen molar-refractivity contribution >= 4 is 15.9 Å². The summed E-state index contributed by atoms with van der Waals surface area (Å²) >= 11 is 3.23. The van der Waals surface area contributed by atoms with E-state index in [1.807, 2.05) is 30.3 Å². The van der Waals surface area contributed by atoms with Crippen LogP contribution in [-0.2, 0) is 0 Å². The van der Waals surface area contributed by atoms with Crippen molar-refractivity contribution in [2.24, 2.45) is 0 Å². The Bertz CT molecular complexity index is 615. The van der Waals surface area contributed by atoms with E-state index in [4.69, 9.17) is 14.2 Å². The third kappa shape index (κ3) is 2.46. The second kappa shape index (κ2) is 5.73. The van der Waals surface area contributed by atoms with Crippen LogP contribution in [0.15, 0.2) is 42.5 Å². The Morgan fingerprint density at radius 2 is 1.95 bits per heavy atom. The molecule has 2 aromatic carbocycles. The van der Waals surface area contributed by atoms with Crippen LogP contribution in [0.1, 0.15) is 17.2 Å². The van der Waals surface area contributed by atoms with Crippen LogP contribution in [0.3, 0.4) is 0 Å². The highest BCUT2D eigenvalue weighted by Crippen LogP contribution is 2.37. The Hall–Kier alpha value is -1.72. The Kier molecular flexibility index (Phi) is 3.80. The van der Waals surface area contributed by atoms with Crippen molar-refractivity contribution in [3.8, 4) is 17.2 Å². The Morgan fingerprint density at radius 1 is 1.15 bits per heavy atom. The molecule has 0 saturated heterocycles. The van der Waals surface area contributed by atoms with Crippen LogP contribution in [0, 0.1) is 0 Å². The number of ether oxygens (including phenoxy) is 3. The summed E-state index contributed by atoms with van der Waals surface area (Å²) in [5, 5.41) is 10.5. The van der Waals surface area contributed by atoms with Gasteiger partial charge in [0.25, 0.3) is 0 Å². The van der Waals surface area contributed by atoms with Gasteiger partial charge in [-0.3, -0.25) is 0 Å². The van der Waals surface area contributed by atoms with Crippen LogP contribution in [-0.4, -0.2) is 17.4 Å². The topological polar surface area (TPSA) is 47.9 Å². The lowest BCUT2D eigenvalue weighted by atomic mass is 10.0. The minimum Gasteiger partial charge on any atom is -0.482 e. The highest BCUT2D eigenvalue weighted by Gasteiger charge is 2.19. The van der Waals surface area contributed by atoms with Crippen LogP contribution < -0.4 is 14.2 Å². The molecule has 0 aromatic heterocycles. The molecule has 1 aliphatic heterocycles. The van der Waals surface area contributed by atoms with Gasteiger partial charge in [-0.15, -0.1) is 0 Å². The van der Waals surface area contributed by atoms with E-state index in [1.165, 1.54) is 0 Å². The van der Waals surface area contributed by atoms with Gasteiger partial charge in [-0.25, -0.2) is 0 Å². The second-order valence-corrected chi connectivity index (χ2v) is 4.76. The fourth-order valence-corrected chi connectivity index (χ4v) is 2.41. The van der Waals surface area contributed by atoms with Gasteiger partial charge < -0.3 is 19.3 Å². The molecule has 0 radical (unpaired) electrons. The lowest BCUT2D eigenvalue weighted by molar-refractivity contribution is 0.173. The van der Waals surface area contributed by atoms with Crippen molar-refractivity contribution < 1.29 is 19.3 Å². The molecule has 2 aromatic rings. The maximum atomic E-state index is 10.5. The number of benzene rings is 2. The van der Waals surface area contributed by atoms with Crippen molar-refractivity contribution in [1.82, 2.24) is 0 Å². The molecule has 104 valence electrons. The van der Waals surface area contributed by atoms with Crippen molar-refractivity contribution in [3.05, 3.63) is 53.6 Å². The third-order valence-electron chi connectivity index (χ3n) is 3.14. The third-order valence-corrected chi connectivity index (χ3v) is 3.36. The van der Waals surface area contributed by atoms with Crippen LogP contribution in [0.2, 0.25) is 0 Å². The predicted molar refractivity (Wildman–Crippen MR) is 77.5 cm³/mol. The molecule has 1 N–H and O–H groups in total. The molecule has 0 amide bonds. The van der Waals surface area contributed by atoms with E-state index in [0.717, 1.165) is 5.56 Å². The second-order valence-electron chi connectivity index (χ2n) is 4.31. The molecule has 1 unspecified atom stereocenters. The van der Waals surface area contributed by atoms with Crippen molar-refractivity contribution in [2.75, 3.05) is 12.3 Å². The first-order chi connectivity index (χ1) is 9.79. The van der Waals surface area contributed by atoms with Crippen molar-refractivity contribution in [1.29, 1.82) is 0 Å². The number of aliphatic hydroxyl groups is 1. The van der Waals surface area contributed by atoms with E-state index in [2.05, 4.69) is 15.9 Å². The standard InChI is InChI=1S/C15H13BrO4/c16-8-18-12-4-2-1-3-11(12)15(17)10-5-6-13-14(7-10)20-9-19-13/h1-7,15,17H,8-9H2. The van der Waals surface area contributed by atoms with Gasteiger partial charge in [0.05, 0.1) is 0 Å². The fraction of sp³-hybridized carbons (Fsp3) is 0.200. The number of para-hydroxylation sites is 1. The summed E-state index contributed by atoms with van der Waals surface area (Å²) < 4.78 is 16.1. The monoisotopic (exact) mass is 336 g/mol. The van der Waals surface area contributed by atoms with Gasteiger partial charge in [0.1, 0.15) is 17.4 Å². The van der Waals surface area contributed by atoms with Crippen molar-refractivity contribution in [2.45, 2.75) is 6.10 Å². The summed E-state index contributed by atoms with van der Waals surface area (Å²) in [6.45, 7) is 0.220. The molecule has 20 heavy (non-hydrogen) atoms. The largest absolute Gasteiger partial charge is 0.482 e. The maximum absolute atomic E-state index is 10.5. The molecule has 1 heterocycles. The summed E-state index contributed by atoms with van der Waals surface area (Å²) in [4.78, 5) is 0. The van der Waals surface area contributed by atoms with Crippen LogP contribution >= 0.6 is 15.9 Å². The summed E-state index contributed by atoms with van der Waals surface area (Å²) in [5.41, 5.74) is 1.82. The number of halogens is 1. The number of rotatable bonds is 4. The van der Waals surface area contributed by atoms with E-state index in [-0.39, 0.29) is 6.79 Å². The van der Waals surface area contributed by atoms with Crippen LogP contribution in [0.5, 0.6) is 17.2 Å². The molecule has 0 saturated carbocycles. The first-order valence-corrected chi connectivity index (χ1v) is 7.27. The number of hydrogen-bond donors (Lipinski definition) is 1. The number of fused-ring (bicyclic) bond motifs is 1. The normalized spacial score (nSPS) is 14.1. The van der Waals surface area contributed by atoms with E-state index in [1.54, 1.807) is 12.1 Å². The van der Waals surface area contributed by atoms with Gasteiger partial charge in [-0.2, -0.15) is 0 Å². The highest BCUT2D eigenvalue weighted by atomic mass is 79.9. The summed E-state index contributed by atoms with van der Waals surface area (Å²) in [5.74, 6) is 2.00. The van der Waals surface area contributed by atoms with Crippen LogP contribution in [0.25, 0.3) is 0 Å². The molecule has 1 atom stereocenters. The lowest BCUT2D eigenvalue weighted by Gasteiger charge is -2.16. The van der Waals surface area contributed by atoms with E-state index in [9.17, 15) is 5.11 Å². The maximum Gasteiger partial charge on any atom is 0.231 e. The zero-order valence-electron chi connectivity index (χ0n) is 10.6.